The number of nitrogens with one attached hydrogen (secondary N) is 1. The lowest BCUT2D eigenvalue weighted by Gasteiger charge is -2.28. The molecule has 33 heavy (non-hydrogen) atoms. The number of ether oxygens (including phenoxy) is 2. The highest BCUT2D eigenvalue weighted by molar-refractivity contribution is 6.04. The Bertz CT molecular complexity index is 1090. The van der Waals surface area contributed by atoms with Crippen LogP contribution in [0.15, 0.2) is 40.8 Å². The van der Waals surface area contributed by atoms with E-state index in [1.54, 1.807) is 20.2 Å². The van der Waals surface area contributed by atoms with Gasteiger partial charge in [0.05, 0.1) is 12.4 Å². The molecule has 1 N–H and O–H groups in total. The molecule has 11 heteroatoms. The van der Waals surface area contributed by atoms with Gasteiger partial charge in [-0.2, -0.15) is 0 Å². The van der Waals surface area contributed by atoms with Gasteiger partial charge in [-0.15, -0.1) is 13.2 Å². The SMILES string of the molecule is CCN=C1CC(C)C(OC(F)(F)F)=CC1=C(C)OCC1CCCN1c1ncnc2nc[nH]c12. The van der Waals surface area contributed by atoms with Crippen LogP contribution in [0.4, 0.5) is 19.0 Å². The maximum Gasteiger partial charge on any atom is 0.572 e. The number of anilines is 1. The summed E-state index contributed by atoms with van der Waals surface area (Å²) in [6.07, 6.45) is 2.01. The standard InChI is InChI=1S/C22H27F3N6O2/c1-4-26-17-8-13(2)18(33-22(23,24)25)9-16(17)14(3)32-10-15-6-5-7-31(15)21-19-20(28-11-27-19)29-12-30-21/h9,11-13,15H,4-8,10H2,1-3H3,(H,27,28,29,30). The molecule has 2 unspecified atom stereocenters. The van der Waals surface area contributed by atoms with Crippen molar-refractivity contribution in [2.24, 2.45) is 10.9 Å². The van der Waals surface area contributed by atoms with Crippen molar-refractivity contribution in [2.45, 2.75) is 52.4 Å². The minimum Gasteiger partial charge on any atom is -0.495 e. The number of H-pyrrole nitrogens is 1. The van der Waals surface area contributed by atoms with Crippen LogP contribution >= 0.6 is 0 Å². The number of fused-ring (bicyclic) bond motifs is 1. The zero-order valence-corrected chi connectivity index (χ0v) is 18.8. The molecule has 0 radical (unpaired) electrons. The molecule has 4 rings (SSSR count). The number of hydrogen-bond acceptors (Lipinski definition) is 7. The smallest absolute Gasteiger partial charge is 0.495 e. The molecule has 0 aromatic carbocycles. The Hall–Kier alpha value is -3.11. The van der Waals surface area contributed by atoms with Crippen LogP contribution < -0.4 is 4.90 Å². The van der Waals surface area contributed by atoms with E-state index in [0.717, 1.165) is 36.4 Å². The lowest BCUT2D eigenvalue weighted by Crippen LogP contribution is -2.34. The summed E-state index contributed by atoms with van der Waals surface area (Å²) in [7, 11) is 0. The van der Waals surface area contributed by atoms with E-state index < -0.39 is 12.3 Å². The van der Waals surface area contributed by atoms with Gasteiger partial charge in [0.2, 0.25) is 0 Å². The molecule has 0 amide bonds. The summed E-state index contributed by atoms with van der Waals surface area (Å²) in [4.78, 5) is 22.6. The van der Waals surface area contributed by atoms with Crippen molar-refractivity contribution in [3.05, 3.63) is 35.8 Å². The Morgan fingerprint density at radius 3 is 2.88 bits per heavy atom. The summed E-state index contributed by atoms with van der Waals surface area (Å²) < 4.78 is 49.0. The molecule has 2 aliphatic rings. The van der Waals surface area contributed by atoms with E-state index in [-0.39, 0.29) is 11.8 Å². The van der Waals surface area contributed by atoms with Crippen LogP contribution in [-0.4, -0.2) is 57.7 Å². The number of aliphatic imine (C=N–C) groups is 1. The minimum atomic E-state index is -4.74. The van der Waals surface area contributed by atoms with Gasteiger partial charge < -0.3 is 19.4 Å². The highest BCUT2D eigenvalue weighted by Crippen LogP contribution is 2.34. The van der Waals surface area contributed by atoms with Crippen LogP contribution in [-0.2, 0) is 9.47 Å². The van der Waals surface area contributed by atoms with Gasteiger partial charge in [-0.25, -0.2) is 15.0 Å². The van der Waals surface area contributed by atoms with Crippen molar-refractivity contribution in [3.8, 4) is 0 Å². The fourth-order valence-corrected chi connectivity index (χ4v) is 4.33. The van der Waals surface area contributed by atoms with Gasteiger partial charge in [-0.05, 0) is 39.2 Å². The third-order valence-electron chi connectivity index (χ3n) is 5.89. The molecule has 2 aromatic heterocycles. The second kappa shape index (κ2) is 9.40. The summed E-state index contributed by atoms with van der Waals surface area (Å²) >= 11 is 0. The molecule has 178 valence electrons. The largest absolute Gasteiger partial charge is 0.572 e. The van der Waals surface area contributed by atoms with E-state index in [9.17, 15) is 13.2 Å². The summed E-state index contributed by atoms with van der Waals surface area (Å²) in [5.41, 5.74) is 2.66. The first-order valence-electron chi connectivity index (χ1n) is 11.0. The predicted octanol–water partition coefficient (Wildman–Crippen LogP) is 4.53. The zero-order valence-electron chi connectivity index (χ0n) is 18.8. The third-order valence-corrected chi connectivity index (χ3v) is 5.89. The van der Waals surface area contributed by atoms with Gasteiger partial charge >= 0.3 is 6.36 Å². The molecule has 1 saturated heterocycles. The van der Waals surface area contributed by atoms with Crippen LogP contribution in [0.1, 0.15) is 40.0 Å². The Balaban J connectivity index is 1.56. The van der Waals surface area contributed by atoms with Crippen molar-refractivity contribution >= 4 is 22.7 Å². The molecule has 2 atom stereocenters. The average molecular weight is 464 g/mol. The van der Waals surface area contributed by atoms with Crippen molar-refractivity contribution in [1.82, 2.24) is 19.9 Å². The maximum absolute atomic E-state index is 12.9. The fourth-order valence-electron chi connectivity index (χ4n) is 4.33. The van der Waals surface area contributed by atoms with E-state index in [4.69, 9.17) is 4.74 Å². The monoisotopic (exact) mass is 464 g/mol. The minimum absolute atomic E-state index is 0.0610. The van der Waals surface area contributed by atoms with Crippen LogP contribution in [0.25, 0.3) is 11.2 Å². The van der Waals surface area contributed by atoms with Crippen LogP contribution in [0, 0.1) is 5.92 Å². The molecule has 1 fully saturated rings. The Kier molecular flexibility index (Phi) is 6.57. The van der Waals surface area contributed by atoms with Crippen molar-refractivity contribution < 1.29 is 22.6 Å². The highest BCUT2D eigenvalue weighted by atomic mass is 19.4. The van der Waals surface area contributed by atoms with Gasteiger partial charge in [0.15, 0.2) is 11.5 Å². The normalized spacial score (nSPS) is 24.4. The highest BCUT2D eigenvalue weighted by Gasteiger charge is 2.36. The molecule has 1 aliphatic heterocycles. The predicted molar refractivity (Wildman–Crippen MR) is 118 cm³/mol. The van der Waals surface area contributed by atoms with Gasteiger partial charge in [-0.1, -0.05) is 6.92 Å². The first-order valence-corrected chi connectivity index (χ1v) is 11.0. The molecule has 0 saturated carbocycles. The molecule has 1 aliphatic carbocycles. The average Bonchev–Trinajstić information content (AvgIpc) is 3.42. The Labute approximate surface area is 189 Å². The first kappa shape index (κ1) is 23.1. The molecular weight excluding hydrogens is 437 g/mol. The van der Waals surface area contributed by atoms with Crippen LogP contribution in [0.2, 0.25) is 0 Å². The molecule has 0 spiro atoms. The summed E-state index contributed by atoms with van der Waals surface area (Å²) in [6.45, 7) is 7.07. The van der Waals surface area contributed by atoms with Gasteiger partial charge in [0, 0.05) is 30.3 Å². The lowest BCUT2D eigenvalue weighted by atomic mass is 9.89. The van der Waals surface area contributed by atoms with E-state index in [0.29, 0.717) is 36.6 Å². The molecule has 2 aromatic rings. The number of aromatic nitrogens is 4. The summed E-state index contributed by atoms with van der Waals surface area (Å²) in [6, 6.07) is 0.0610. The number of halogens is 3. The van der Waals surface area contributed by atoms with E-state index in [1.807, 2.05) is 6.92 Å². The molecule has 0 bridgehead atoms. The number of nitrogens with zero attached hydrogens (tertiary/aromatic N) is 5. The molecule has 3 heterocycles. The van der Waals surface area contributed by atoms with E-state index in [1.165, 1.54) is 12.4 Å². The third kappa shape index (κ3) is 5.12. The molecule has 8 nitrogen and oxygen atoms in total. The number of imidazole rings is 1. The van der Waals surface area contributed by atoms with Crippen LogP contribution in [0.3, 0.4) is 0 Å². The molecular formula is C22H27F3N6O2. The summed E-state index contributed by atoms with van der Waals surface area (Å²) in [5, 5.41) is 0. The second-order valence-electron chi connectivity index (χ2n) is 8.19. The van der Waals surface area contributed by atoms with Gasteiger partial charge in [-0.3, -0.25) is 4.99 Å². The number of allylic oxidation sites excluding steroid dienone is 4. The van der Waals surface area contributed by atoms with Crippen molar-refractivity contribution in [3.63, 3.8) is 0 Å². The zero-order chi connectivity index (χ0) is 23.6. The number of rotatable bonds is 6. The fraction of sp³-hybridized carbons (Fsp3) is 0.545. The maximum atomic E-state index is 12.9. The van der Waals surface area contributed by atoms with Crippen LogP contribution in [0.5, 0.6) is 0 Å². The van der Waals surface area contributed by atoms with E-state index in [2.05, 4.69) is 34.6 Å². The van der Waals surface area contributed by atoms with Gasteiger partial charge in [0.25, 0.3) is 0 Å². The number of alkyl halides is 3. The summed E-state index contributed by atoms with van der Waals surface area (Å²) in [5.74, 6) is 0.752. The van der Waals surface area contributed by atoms with Gasteiger partial charge in [0.1, 0.15) is 30.0 Å². The second-order valence-corrected chi connectivity index (χ2v) is 8.19. The lowest BCUT2D eigenvalue weighted by molar-refractivity contribution is -0.308. The topological polar surface area (TPSA) is 88.5 Å². The van der Waals surface area contributed by atoms with Crippen molar-refractivity contribution in [2.75, 3.05) is 24.6 Å². The Morgan fingerprint density at radius 1 is 1.30 bits per heavy atom. The van der Waals surface area contributed by atoms with E-state index >= 15 is 0 Å². The van der Waals surface area contributed by atoms with Crippen molar-refractivity contribution in [1.29, 1.82) is 0 Å². The Morgan fingerprint density at radius 2 is 2.12 bits per heavy atom. The first-order chi connectivity index (χ1) is 15.8. The number of hydrogen-bond donors (Lipinski definition) is 1. The number of aromatic amines is 1. The quantitative estimate of drug-likeness (QED) is 0.632.